The number of nitrogens with zero attached hydrogens (tertiary/aromatic N) is 3. The van der Waals surface area contributed by atoms with Crippen molar-refractivity contribution in [2.75, 3.05) is 33.0 Å². The van der Waals surface area contributed by atoms with E-state index in [0.717, 1.165) is 6.04 Å². The Kier molecular flexibility index (Phi) is 12.0. The molecule has 0 radical (unpaired) electrons. The third-order valence-electron chi connectivity index (χ3n) is 7.06. The molecule has 0 unspecified atom stereocenters. The van der Waals surface area contributed by atoms with Gasteiger partial charge in [-0.1, -0.05) is 48.5 Å². The number of aromatic nitrogens is 3. The van der Waals surface area contributed by atoms with E-state index in [1.807, 2.05) is 20.8 Å². The zero-order chi connectivity index (χ0) is 32.0. The van der Waals surface area contributed by atoms with Crippen LogP contribution in [0.1, 0.15) is 51.0 Å². The average Bonchev–Trinajstić information content (AvgIpc) is 3.71. The largest absolute Gasteiger partial charge is 0.379 e. The zero-order valence-corrected chi connectivity index (χ0v) is 28.9. The first-order chi connectivity index (χ1) is 20.8. The van der Waals surface area contributed by atoms with Crippen molar-refractivity contribution >= 4 is 30.7 Å². The first kappa shape index (κ1) is 34.9. The van der Waals surface area contributed by atoms with E-state index in [2.05, 4.69) is 29.5 Å². The van der Waals surface area contributed by atoms with Crippen LogP contribution in [-0.2, 0) is 42.5 Å². The lowest BCUT2D eigenvalue weighted by atomic mass is 10.1. The smallest absolute Gasteiger partial charge is 0.215 e. The second-order valence-electron chi connectivity index (χ2n) is 12.9. The lowest BCUT2D eigenvalue weighted by molar-refractivity contribution is -0.177. The van der Waals surface area contributed by atoms with Gasteiger partial charge in [0.2, 0.25) is 5.79 Å². The lowest BCUT2D eigenvalue weighted by Crippen LogP contribution is -2.37. The van der Waals surface area contributed by atoms with Gasteiger partial charge in [-0.25, -0.2) is 18.3 Å². The quantitative estimate of drug-likeness (QED) is 0.137. The van der Waals surface area contributed by atoms with Gasteiger partial charge < -0.3 is 23.5 Å². The molecule has 44 heavy (non-hydrogen) atoms. The molecular weight excluding hydrogens is 627 g/mol. The summed E-state index contributed by atoms with van der Waals surface area (Å²) in [7, 11) is -2.80. The molecule has 1 aliphatic heterocycles. The molecule has 244 valence electrons. The van der Waals surface area contributed by atoms with E-state index in [1.165, 1.54) is 12.3 Å². The van der Waals surface area contributed by atoms with Crippen LogP contribution in [0.15, 0.2) is 41.1 Å². The fourth-order valence-corrected chi connectivity index (χ4v) is 6.39. The second kappa shape index (κ2) is 15.1. The standard InChI is InChI=1S/C30H44ClFN4O6SSi/c1-29(2,3)43(37)35-24(20-38-14-9-13-30(40-16-17-41-30)25-12-15-42-34-25)26-27(31)36(21-39-18-19-44(4,5)6)28(33-26)22-10-7-8-11-23(22)32/h7-8,10-12,15,24,35H,9,13-14,16-21H2,1-6H3/t24-,43+/m0/s1. The molecular formula is C30H44ClFN4O6SSi. The van der Waals surface area contributed by atoms with Crippen LogP contribution < -0.4 is 4.72 Å². The van der Waals surface area contributed by atoms with Gasteiger partial charge in [0, 0.05) is 33.8 Å². The maximum absolute atomic E-state index is 15.0. The van der Waals surface area contributed by atoms with Crippen molar-refractivity contribution in [2.24, 2.45) is 0 Å². The molecule has 0 saturated carbocycles. The monoisotopic (exact) mass is 670 g/mol. The summed E-state index contributed by atoms with van der Waals surface area (Å²) in [6.07, 6.45) is 2.59. The molecule has 1 fully saturated rings. The SMILES string of the molecule is CC(C)(C)[S@@](=O)N[C@@H](COCCCC1(c2ccon2)OCCO1)c1nc(-c2ccccc2F)n(COCC[Si](C)(C)C)c1Cl. The summed E-state index contributed by atoms with van der Waals surface area (Å²) in [6.45, 7) is 14.5. The molecule has 2 atom stereocenters. The maximum atomic E-state index is 15.0. The van der Waals surface area contributed by atoms with Gasteiger partial charge in [-0.2, -0.15) is 0 Å². The van der Waals surface area contributed by atoms with E-state index in [9.17, 15) is 4.21 Å². The third kappa shape index (κ3) is 9.06. The number of ether oxygens (including phenoxy) is 4. The number of hydrogen-bond donors (Lipinski definition) is 1. The van der Waals surface area contributed by atoms with Gasteiger partial charge >= 0.3 is 0 Å². The van der Waals surface area contributed by atoms with Gasteiger partial charge in [-0.3, -0.25) is 4.57 Å². The molecule has 3 aromatic rings. The molecule has 0 bridgehead atoms. The molecule has 1 aliphatic rings. The number of hydrogen-bond acceptors (Lipinski definition) is 8. The molecule has 3 heterocycles. The topological polar surface area (TPSA) is 110 Å². The summed E-state index contributed by atoms with van der Waals surface area (Å²) in [5.41, 5.74) is 1.28. The van der Waals surface area contributed by atoms with Crippen LogP contribution in [0.2, 0.25) is 30.8 Å². The van der Waals surface area contributed by atoms with Gasteiger partial charge in [0.15, 0.2) is 0 Å². The van der Waals surface area contributed by atoms with Crippen molar-refractivity contribution in [3.05, 3.63) is 59.0 Å². The zero-order valence-electron chi connectivity index (χ0n) is 26.4. The normalized spacial score (nSPS) is 16.8. The fraction of sp³-hybridized carbons (Fsp3) is 0.600. The van der Waals surface area contributed by atoms with Crippen molar-refractivity contribution < 1.29 is 32.1 Å². The molecule has 1 saturated heterocycles. The number of imidazole rings is 1. The molecule has 0 spiro atoms. The van der Waals surface area contributed by atoms with Gasteiger partial charge in [-0.05, 0) is 45.4 Å². The van der Waals surface area contributed by atoms with E-state index in [-0.39, 0.29) is 18.5 Å². The fourth-order valence-electron chi connectivity index (χ4n) is 4.54. The highest BCUT2D eigenvalue weighted by atomic mass is 35.5. The molecule has 2 aromatic heterocycles. The van der Waals surface area contributed by atoms with Crippen molar-refractivity contribution in [3.63, 3.8) is 0 Å². The Hall–Kier alpha value is -1.97. The summed E-state index contributed by atoms with van der Waals surface area (Å²) in [5.74, 6) is -1.07. The summed E-state index contributed by atoms with van der Waals surface area (Å²) in [4.78, 5) is 4.79. The highest BCUT2D eigenvalue weighted by Gasteiger charge is 2.40. The van der Waals surface area contributed by atoms with Crippen LogP contribution in [0.25, 0.3) is 11.4 Å². The van der Waals surface area contributed by atoms with E-state index in [4.69, 9.17) is 40.1 Å². The molecule has 1 aromatic carbocycles. The predicted octanol–water partition coefficient (Wildman–Crippen LogP) is 6.43. The number of nitrogens with one attached hydrogen (secondary N) is 1. The van der Waals surface area contributed by atoms with Crippen LogP contribution in [0, 0.1) is 5.82 Å². The second-order valence-corrected chi connectivity index (χ2v) is 20.9. The Bertz CT molecular complexity index is 1370. The van der Waals surface area contributed by atoms with Crippen LogP contribution in [0.3, 0.4) is 0 Å². The average molecular weight is 671 g/mol. The van der Waals surface area contributed by atoms with E-state index >= 15 is 4.39 Å². The highest BCUT2D eigenvalue weighted by Crippen LogP contribution is 2.35. The summed E-state index contributed by atoms with van der Waals surface area (Å²) in [6, 6.07) is 8.45. The van der Waals surface area contributed by atoms with Crippen molar-refractivity contribution in [1.29, 1.82) is 0 Å². The Morgan fingerprint density at radius 1 is 1.16 bits per heavy atom. The molecule has 0 aliphatic carbocycles. The first-order valence-electron chi connectivity index (χ1n) is 14.8. The Labute approximate surface area is 267 Å². The van der Waals surface area contributed by atoms with Gasteiger partial charge in [0.1, 0.15) is 35.5 Å². The molecule has 14 heteroatoms. The number of halogens is 2. The van der Waals surface area contributed by atoms with Gasteiger partial charge in [-0.15, -0.1) is 0 Å². The minimum absolute atomic E-state index is 0.0973. The number of rotatable bonds is 16. The summed E-state index contributed by atoms with van der Waals surface area (Å²) < 4.78 is 61.4. The van der Waals surface area contributed by atoms with Crippen LogP contribution >= 0.6 is 11.6 Å². The molecule has 1 N–H and O–H groups in total. The minimum Gasteiger partial charge on any atom is -0.379 e. The van der Waals surface area contributed by atoms with Crippen LogP contribution in [0.4, 0.5) is 4.39 Å². The van der Waals surface area contributed by atoms with E-state index in [1.54, 1.807) is 28.8 Å². The van der Waals surface area contributed by atoms with Gasteiger partial charge in [0.25, 0.3) is 0 Å². The maximum Gasteiger partial charge on any atom is 0.215 e. The van der Waals surface area contributed by atoms with E-state index in [0.29, 0.717) is 62.0 Å². The molecule has 0 amide bonds. The predicted molar refractivity (Wildman–Crippen MR) is 171 cm³/mol. The highest BCUT2D eigenvalue weighted by molar-refractivity contribution is 7.84. The summed E-state index contributed by atoms with van der Waals surface area (Å²) in [5, 5.41) is 4.28. The van der Waals surface area contributed by atoms with Crippen molar-refractivity contribution in [2.45, 2.75) is 82.6 Å². The van der Waals surface area contributed by atoms with Crippen LogP contribution in [0.5, 0.6) is 0 Å². The van der Waals surface area contributed by atoms with Crippen molar-refractivity contribution in [1.82, 2.24) is 19.4 Å². The Balaban J connectivity index is 1.54. The lowest BCUT2D eigenvalue weighted by Gasteiger charge is -2.25. The third-order valence-corrected chi connectivity index (χ3v) is 10.8. The van der Waals surface area contributed by atoms with Crippen LogP contribution in [-0.4, -0.2) is 64.8 Å². The minimum atomic E-state index is -1.47. The van der Waals surface area contributed by atoms with Crippen molar-refractivity contribution in [3.8, 4) is 11.4 Å². The molecule has 4 rings (SSSR count). The molecule has 10 nitrogen and oxygen atoms in total. The first-order valence-corrected chi connectivity index (χ1v) is 20.1. The summed E-state index contributed by atoms with van der Waals surface area (Å²) >= 11 is 6.96. The Morgan fingerprint density at radius 3 is 2.52 bits per heavy atom. The van der Waals surface area contributed by atoms with E-state index < -0.39 is 41.5 Å². The number of benzene rings is 1. The Morgan fingerprint density at radius 2 is 1.89 bits per heavy atom. The van der Waals surface area contributed by atoms with Gasteiger partial charge in [0.05, 0.1) is 52.9 Å².